The molecule has 0 atom stereocenters. The zero-order chi connectivity index (χ0) is 15.5. The Kier molecular flexibility index (Phi) is 3.71. The highest BCUT2D eigenvalue weighted by Crippen LogP contribution is 2.31. The van der Waals surface area contributed by atoms with Crippen molar-refractivity contribution in [2.45, 2.75) is 0 Å². The molecule has 0 bridgehead atoms. The van der Waals surface area contributed by atoms with Crippen LogP contribution in [0.2, 0.25) is 0 Å². The van der Waals surface area contributed by atoms with E-state index in [0.29, 0.717) is 5.06 Å². The maximum Gasteiger partial charge on any atom is 0.520 e. The lowest BCUT2D eigenvalue weighted by molar-refractivity contribution is -0.384. The van der Waals surface area contributed by atoms with E-state index in [1.165, 1.54) is 35.6 Å². The molecule has 1 aromatic heterocycles. The van der Waals surface area contributed by atoms with Crippen molar-refractivity contribution < 1.29 is 19.2 Å². The molecular weight excluding hydrogens is 306 g/mol. The van der Waals surface area contributed by atoms with Crippen molar-refractivity contribution in [3.63, 3.8) is 0 Å². The number of benzene rings is 2. The summed E-state index contributed by atoms with van der Waals surface area (Å²) < 4.78 is 11.1. The van der Waals surface area contributed by atoms with E-state index in [0.717, 1.165) is 10.1 Å². The van der Waals surface area contributed by atoms with E-state index in [1.807, 2.05) is 24.3 Å². The van der Waals surface area contributed by atoms with Gasteiger partial charge in [-0.1, -0.05) is 29.5 Å². The van der Waals surface area contributed by atoms with Crippen LogP contribution in [0.5, 0.6) is 10.8 Å². The highest BCUT2D eigenvalue weighted by Gasteiger charge is 2.12. The van der Waals surface area contributed by atoms with Gasteiger partial charge in [0.05, 0.1) is 4.92 Å². The fraction of sp³-hybridized carbons (Fsp3) is 0. The zero-order valence-corrected chi connectivity index (χ0v) is 11.9. The Hall–Kier alpha value is -2.93. The van der Waals surface area contributed by atoms with Crippen LogP contribution in [0.4, 0.5) is 10.5 Å². The summed E-state index contributed by atoms with van der Waals surface area (Å²) in [5, 5.41) is 11.9. The molecule has 0 amide bonds. The number of hydrogen-bond donors (Lipinski definition) is 0. The van der Waals surface area contributed by atoms with Crippen LogP contribution in [0.3, 0.4) is 0 Å². The monoisotopic (exact) mass is 315 g/mol. The molecule has 110 valence electrons. The minimum absolute atomic E-state index is 0.0785. The van der Waals surface area contributed by atoms with Crippen LogP contribution in [0.1, 0.15) is 0 Å². The molecule has 3 aromatic rings. The van der Waals surface area contributed by atoms with Crippen molar-refractivity contribution in [3.05, 3.63) is 64.7 Å². The van der Waals surface area contributed by atoms with Crippen LogP contribution in [0.15, 0.2) is 54.6 Å². The molecule has 7 heteroatoms. The van der Waals surface area contributed by atoms with E-state index in [1.54, 1.807) is 6.07 Å². The molecule has 1 heterocycles. The van der Waals surface area contributed by atoms with Crippen molar-refractivity contribution in [2.75, 3.05) is 0 Å². The van der Waals surface area contributed by atoms with Crippen molar-refractivity contribution in [3.8, 4) is 10.8 Å². The number of thiophene rings is 1. The van der Waals surface area contributed by atoms with Gasteiger partial charge in [0.15, 0.2) is 5.06 Å². The van der Waals surface area contributed by atoms with Crippen LogP contribution >= 0.6 is 11.3 Å². The Morgan fingerprint density at radius 1 is 1.05 bits per heavy atom. The number of fused-ring (bicyclic) bond motifs is 1. The van der Waals surface area contributed by atoms with Gasteiger partial charge in [0.1, 0.15) is 5.75 Å². The summed E-state index contributed by atoms with van der Waals surface area (Å²) in [6, 6.07) is 14.6. The molecule has 6 nitrogen and oxygen atoms in total. The summed E-state index contributed by atoms with van der Waals surface area (Å²) in [7, 11) is 0. The van der Waals surface area contributed by atoms with Gasteiger partial charge >= 0.3 is 6.16 Å². The quantitative estimate of drug-likeness (QED) is 0.310. The second kappa shape index (κ2) is 5.82. The van der Waals surface area contributed by atoms with E-state index in [2.05, 4.69) is 0 Å². The zero-order valence-electron chi connectivity index (χ0n) is 11.1. The van der Waals surface area contributed by atoms with Gasteiger partial charge < -0.3 is 9.47 Å². The predicted octanol–water partition coefficient (Wildman–Crippen LogP) is 4.39. The van der Waals surface area contributed by atoms with Crippen LogP contribution in [0.25, 0.3) is 10.1 Å². The number of carbonyl (C=O) groups excluding carboxylic acids is 1. The molecule has 0 aliphatic rings. The van der Waals surface area contributed by atoms with E-state index < -0.39 is 11.1 Å². The first-order chi connectivity index (χ1) is 10.6. The summed E-state index contributed by atoms with van der Waals surface area (Å²) in [6.45, 7) is 0. The molecule has 0 aliphatic heterocycles. The molecular formula is C15H9NO5S. The average Bonchev–Trinajstić information content (AvgIpc) is 2.89. The fourth-order valence-electron chi connectivity index (χ4n) is 1.84. The normalized spacial score (nSPS) is 10.4. The SMILES string of the molecule is O=C(Oc1ccc([N+](=O)[O-])cc1)Oc1cc2ccccc2s1. The number of non-ortho nitro benzene ring substituents is 1. The van der Waals surface area contributed by atoms with Gasteiger partial charge in [-0.3, -0.25) is 10.1 Å². The lowest BCUT2D eigenvalue weighted by Gasteiger charge is -2.03. The molecule has 22 heavy (non-hydrogen) atoms. The lowest BCUT2D eigenvalue weighted by Crippen LogP contribution is -2.12. The van der Waals surface area contributed by atoms with Crippen LogP contribution in [-0.4, -0.2) is 11.1 Å². The molecule has 3 rings (SSSR count). The highest BCUT2D eigenvalue weighted by molar-refractivity contribution is 7.20. The summed E-state index contributed by atoms with van der Waals surface area (Å²) in [6.07, 6.45) is -0.889. The third kappa shape index (κ3) is 3.04. The number of ether oxygens (including phenoxy) is 2. The maximum atomic E-state index is 11.7. The Bertz CT molecular complexity index is 808. The smallest absolute Gasteiger partial charge is 0.395 e. The summed E-state index contributed by atoms with van der Waals surface area (Å²) in [5.41, 5.74) is -0.0785. The van der Waals surface area contributed by atoms with Gasteiger partial charge in [-0.25, -0.2) is 4.79 Å². The second-order valence-electron chi connectivity index (χ2n) is 4.31. The number of carbonyl (C=O) groups is 1. The first kappa shape index (κ1) is 14.0. The van der Waals surface area contributed by atoms with E-state index in [-0.39, 0.29) is 11.4 Å². The van der Waals surface area contributed by atoms with Gasteiger partial charge in [0.2, 0.25) is 0 Å². The number of nitrogens with zero attached hydrogens (tertiary/aromatic N) is 1. The third-order valence-corrected chi connectivity index (χ3v) is 3.83. The summed E-state index contributed by atoms with van der Waals surface area (Å²) >= 11 is 1.33. The highest BCUT2D eigenvalue weighted by atomic mass is 32.1. The second-order valence-corrected chi connectivity index (χ2v) is 5.35. The van der Waals surface area contributed by atoms with Crippen molar-refractivity contribution in [1.82, 2.24) is 0 Å². The molecule has 0 saturated carbocycles. The first-order valence-electron chi connectivity index (χ1n) is 6.24. The first-order valence-corrected chi connectivity index (χ1v) is 7.06. The van der Waals surface area contributed by atoms with Crippen LogP contribution in [-0.2, 0) is 0 Å². The maximum absolute atomic E-state index is 11.7. The van der Waals surface area contributed by atoms with Gasteiger partial charge in [-0.15, -0.1) is 0 Å². The number of nitro benzene ring substituents is 1. The lowest BCUT2D eigenvalue weighted by atomic mass is 10.3. The summed E-state index contributed by atoms with van der Waals surface area (Å²) in [4.78, 5) is 21.7. The number of hydrogen-bond acceptors (Lipinski definition) is 6. The van der Waals surface area contributed by atoms with Crippen molar-refractivity contribution >= 4 is 33.3 Å². The molecule has 0 radical (unpaired) electrons. The molecule has 0 spiro atoms. The van der Waals surface area contributed by atoms with E-state index >= 15 is 0 Å². The minimum Gasteiger partial charge on any atom is -0.395 e. The number of nitro groups is 1. The van der Waals surface area contributed by atoms with Gasteiger partial charge in [-0.05, 0) is 23.6 Å². The Morgan fingerprint density at radius 3 is 2.45 bits per heavy atom. The molecule has 0 unspecified atom stereocenters. The largest absolute Gasteiger partial charge is 0.520 e. The van der Waals surface area contributed by atoms with Crippen LogP contribution < -0.4 is 9.47 Å². The Morgan fingerprint density at radius 2 is 1.77 bits per heavy atom. The molecule has 0 fully saturated rings. The van der Waals surface area contributed by atoms with Gasteiger partial charge in [0, 0.05) is 22.9 Å². The topological polar surface area (TPSA) is 78.7 Å². The van der Waals surface area contributed by atoms with E-state index in [9.17, 15) is 14.9 Å². The standard InChI is InChI=1S/C15H9NO5S/c17-15(20-12-7-5-11(6-8-12)16(18)19)21-14-9-10-3-1-2-4-13(10)22-14/h1-9H. The Labute approximate surface area is 128 Å². The van der Waals surface area contributed by atoms with E-state index in [4.69, 9.17) is 9.47 Å². The van der Waals surface area contributed by atoms with Crippen LogP contribution in [0, 0.1) is 10.1 Å². The molecule has 0 saturated heterocycles. The number of rotatable bonds is 3. The molecule has 0 N–H and O–H groups in total. The van der Waals surface area contributed by atoms with Crippen molar-refractivity contribution in [2.24, 2.45) is 0 Å². The summed E-state index contributed by atoms with van der Waals surface area (Å²) in [5.74, 6) is 0.178. The predicted molar refractivity (Wildman–Crippen MR) is 81.6 cm³/mol. The van der Waals surface area contributed by atoms with Gasteiger partial charge in [-0.2, -0.15) is 0 Å². The Balaban J connectivity index is 1.68. The average molecular weight is 315 g/mol. The fourth-order valence-corrected chi connectivity index (χ4v) is 2.75. The molecule has 0 aliphatic carbocycles. The molecule has 2 aromatic carbocycles. The third-order valence-electron chi connectivity index (χ3n) is 2.84. The minimum atomic E-state index is -0.889. The van der Waals surface area contributed by atoms with Crippen molar-refractivity contribution in [1.29, 1.82) is 0 Å². The van der Waals surface area contributed by atoms with Gasteiger partial charge in [0.25, 0.3) is 5.69 Å².